The van der Waals surface area contributed by atoms with Gasteiger partial charge < -0.3 is 4.57 Å². The Labute approximate surface area is 122 Å². The van der Waals surface area contributed by atoms with Crippen LogP contribution in [0.15, 0.2) is 43.0 Å². The van der Waals surface area contributed by atoms with Gasteiger partial charge in [0.05, 0.1) is 12.4 Å². The lowest BCUT2D eigenvalue weighted by Gasteiger charge is -2.23. The van der Waals surface area contributed by atoms with Gasteiger partial charge in [-0.2, -0.15) is 0 Å². The third-order valence-corrected chi connectivity index (χ3v) is 4.15. The molecular weight excluding hydrogens is 244 g/mol. The summed E-state index contributed by atoms with van der Waals surface area (Å²) < 4.78 is 2.23. The highest BCUT2D eigenvalue weighted by Crippen LogP contribution is 2.31. The molecule has 0 N–H and O–H groups in total. The molecule has 1 aromatic carbocycles. The maximum Gasteiger partial charge on any atom is 0.0951 e. The highest BCUT2D eigenvalue weighted by molar-refractivity contribution is 5.33. The summed E-state index contributed by atoms with van der Waals surface area (Å²) in [5, 5.41) is 0. The Balaban J connectivity index is 2.31. The molecule has 0 amide bonds. The first kappa shape index (κ1) is 14.8. The van der Waals surface area contributed by atoms with E-state index >= 15 is 0 Å². The van der Waals surface area contributed by atoms with Gasteiger partial charge in [-0.15, -0.1) is 0 Å². The molecule has 0 radical (unpaired) electrons. The van der Waals surface area contributed by atoms with E-state index in [-0.39, 0.29) is 0 Å². The van der Waals surface area contributed by atoms with Crippen LogP contribution in [0.2, 0.25) is 0 Å². The average molecular weight is 270 g/mol. The molecule has 0 aliphatic carbocycles. The van der Waals surface area contributed by atoms with E-state index < -0.39 is 0 Å². The molecule has 0 aliphatic heterocycles. The summed E-state index contributed by atoms with van der Waals surface area (Å²) in [5.74, 6) is 0.628. The zero-order valence-electron chi connectivity index (χ0n) is 12.9. The van der Waals surface area contributed by atoms with Crippen molar-refractivity contribution in [3.63, 3.8) is 0 Å². The lowest BCUT2D eigenvalue weighted by Crippen LogP contribution is -2.11. The molecular formula is C18H26N2. The summed E-state index contributed by atoms with van der Waals surface area (Å²) in [5.41, 5.74) is 2.96. The number of nitrogens with zero attached hydrogens (tertiary/aromatic N) is 2. The van der Waals surface area contributed by atoms with Crippen LogP contribution in [-0.2, 0) is 0 Å². The SMILES string of the molecule is CCCC[C@H](C)c1ccccc1C(CC)n1ccnc1. The minimum Gasteiger partial charge on any atom is -0.330 e. The molecule has 1 unspecified atom stereocenters. The van der Waals surface area contributed by atoms with E-state index in [4.69, 9.17) is 0 Å². The Morgan fingerprint density at radius 3 is 2.50 bits per heavy atom. The minimum atomic E-state index is 0.401. The van der Waals surface area contributed by atoms with Crippen molar-refractivity contribution < 1.29 is 0 Å². The van der Waals surface area contributed by atoms with Gasteiger partial charge in [0.2, 0.25) is 0 Å². The number of rotatable bonds is 7. The summed E-state index contributed by atoms with van der Waals surface area (Å²) in [4.78, 5) is 4.20. The largest absolute Gasteiger partial charge is 0.330 e. The van der Waals surface area contributed by atoms with Crippen LogP contribution in [0.1, 0.15) is 69.5 Å². The molecule has 0 aliphatic rings. The van der Waals surface area contributed by atoms with E-state index in [0.717, 1.165) is 6.42 Å². The maximum atomic E-state index is 4.20. The van der Waals surface area contributed by atoms with Crippen molar-refractivity contribution in [2.75, 3.05) is 0 Å². The highest BCUT2D eigenvalue weighted by Gasteiger charge is 2.17. The van der Waals surface area contributed by atoms with Gasteiger partial charge in [-0.1, -0.05) is 57.9 Å². The summed E-state index contributed by atoms with van der Waals surface area (Å²) in [6.07, 6.45) is 10.8. The van der Waals surface area contributed by atoms with Crippen LogP contribution in [0, 0.1) is 0 Å². The monoisotopic (exact) mass is 270 g/mol. The van der Waals surface area contributed by atoms with E-state index in [1.165, 1.54) is 30.4 Å². The van der Waals surface area contributed by atoms with E-state index in [0.29, 0.717) is 12.0 Å². The Kier molecular flexibility index (Phi) is 5.40. The first-order valence-electron chi connectivity index (χ1n) is 7.84. The molecule has 1 aromatic heterocycles. The average Bonchev–Trinajstić information content (AvgIpc) is 3.00. The van der Waals surface area contributed by atoms with E-state index in [1.807, 2.05) is 12.5 Å². The fourth-order valence-corrected chi connectivity index (χ4v) is 2.97. The van der Waals surface area contributed by atoms with Crippen molar-refractivity contribution in [2.45, 2.75) is 58.4 Å². The molecule has 2 aromatic rings. The summed E-state index contributed by atoms with van der Waals surface area (Å²) in [6.45, 7) is 6.87. The van der Waals surface area contributed by atoms with Gasteiger partial charge in [0, 0.05) is 12.4 Å². The number of unbranched alkanes of at least 4 members (excludes halogenated alkanes) is 1. The summed E-state index contributed by atoms with van der Waals surface area (Å²) >= 11 is 0. The van der Waals surface area contributed by atoms with Crippen LogP contribution >= 0.6 is 0 Å². The van der Waals surface area contributed by atoms with E-state index in [9.17, 15) is 0 Å². The first-order chi connectivity index (χ1) is 9.77. The second-order valence-electron chi connectivity index (χ2n) is 5.61. The predicted octanol–water partition coefficient (Wildman–Crippen LogP) is 5.18. The smallest absolute Gasteiger partial charge is 0.0951 e. The summed E-state index contributed by atoms with van der Waals surface area (Å²) in [6, 6.07) is 9.31. The van der Waals surface area contributed by atoms with Gasteiger partial charge in [-0.25, -0.2) is 4.98 Å². The molecule has 108 valence electrons. The number of benzene rings is 1. The minimum absolute atomic E-state index is 0.401. The maximum absolute atomic E-state index is 4.20. The molecule has 2 rings (SSSR count). The topological polar surface area (TPSA) is 17.8 Å². The Hall–Kier alpha value is -1.57. The molecule has 0 saturated heterocycles. The lowest BCUT2D eigenvalue weighted by molar-refractivity contribution is 0.546. The normalized spacial score (nSPS) is 14.2. The second kappa shape index (κ2) is 7.28. The van der Waals surface area contributed by atoms with Gasteiger partial charge >= 0.3 is 0 Å². The van der Waals surface area contributed by atoms with Gasteiger partial charge in [0.1, 0.15) is 0 Å². The van der Waals surface area contributed by atoms with Gasteiger partial charge in [0.25, 0.3) is 0 Å². The standard InChI is InChI=1S/C18H26N2/c1-4-6-9-15(3)16-10-7-8-11-17(16)18(5-2)20-13-12-19-14-20/h7-8,10-15,18H,4-6,9H2,1-3H3/t15-,18?/m0/s1. The van der Waals surface area contributed by atoms with Crippen LogP contribution in [0.5, 0.6) is 0 Å². The number of aromatic nitrogens is 2. The fourth-order valence-electron chi connectivity index (χ4n) is 2.97. The molecule has 0 saturated carbocycles. The van der Waals surface area contributed by atoms with Gasteiger partial charge in [-0.3, -0.25) is 0 Å². The lowest BCUT2D eigenvalue weighted by atomic mass is 9.88. The number of hydrogen-bond donors (Lipinski definition) is 0. The third kappa shape index (κ3) is 3.30. The Morgan fingerprint density at radius 2 is 1.90 bits per heavy atom. The molecule has 2 heteroatoms. The quantitative estimate of drug-likeness (QED) is 0.678. The van der Waals surface area contributed by atoms with Crippen LogP contribution in [0.4, 0.5) is 0 Å². The van der Waals surface area contributed by atoms with Crippen LogP contribution in [0.25, 0.3) is 0 Å². The van der Waals surface area contributed by atoms with E-state index in [2.05, 4.69) is 60.8 Å². The van der Waals surface area contributed by atoms with Crippen molar-refractivity contribution in [1.82, 2.24) is 9.55 Å². The zero-order chi connectivity index (χ0) is 14.4. The summed E-state index contributed by atoms with van der Waals surface area (Å²) in [7, 11) is 0. The Bertz CT molecular complexity index is 502. The molecule has 0 bridgehead atoms. The molecule has 0 spiro atoms. The molecule has 20 heavy (non-hydrogen) atoms. The molecule has 2 nitrogen and oxygen atoms in total. The van der Waals surface area contributed by atoms with Crippen molar-refractivity contribution in [3.8, 4) is 0 Å². The second-order valence-corrected chi connectivity index (χ2v) is 5.61. The fraction of sp³-hybridized carbons (Fsp3) is 0.500. The van der Waals surface area contributed by atoms with Crippen LogP contribution < -0.4 is 0 Å². The predicted molar refractivity (Wildman–Crippen MR) is 85.0 cm³/mol. The zero-order valence-corrected chi connectivity index (χ0v) is 12.9. The number of imidazole rings is 1. The van der Waals surface area contributed by atoms with Gasteiger partial charge in [-0.05, 0) is 29.9 Å². The van der Waals surface area contributed by atoms with Gasteiger partial charge in [0.15, 0.2) is 0 Å². The van der Waals surface area contributed by atoms with Crippen LogP contribution in [-0.4, -0.2) is 9.55 Å². The number of hydrogen-bond acceptors (Lipinski definition) is 1. The molecule has 0 fully saturated rings. The molecule has 1 heterocycles. The van der Waals surface area contributed by atoms with Crippen molar-refractivity contribution in [3.05, 3.63) is 54.1 Å². The third-order valence-electron chi connectivity index (χ3n) is 4.15. The van der Waals surface area contributed by atoms with Crippen LogP contribution in [0.3, 0.4) is 0 Å². The van der Waals surface area contributed by atoms with Crippen molar-refractivity contribution in [2.24, 2.45) is 0 Å². The molecule has 2 atom stereocenters. The Morgan fingerprint density at radius 1 is 1.15 bits per heavy atom. The highest BCUT2D eigenvalue weighted by atomic mass is 15.0. The van der Waals surface area contributed by atoms with E-state index in [1.54, 1.807) is 0 Å². The van der Waals surface area contributed by atoms with Crippen molar-refractivity contribution in [1.29, 1.82) is 0 Å². The van der Waals surface area contributed by atoms with Crippen molar-refractivity contribution >= 4 is 0 Å². The first-order valence-corrected chi connectivity index (χ1v) is 7.84.